The van der Waals surface area contributed by atoms with Crippen LogP contribution in [0.4, 0.5) is 0 Å². The van der Waals surface area contributed by atoms with Crippen LogP contribution in [0, 0.1) is 0 Å². The Labute approximate surface area is 72.0 Å². The quantitative estimate of drug-likeness (QED) is 0.654. The van der Waals surface area contributed by atoms with Crippen LogP contribution >= 0.6 is 0 Å². The summed E-state index contributed by atoms with van der Waals surface area (Å²) in [4.78, 5) is 0. The molecule has 0 saturated heterocycles. The van der Waals surface area contributed by atoms with E-state index < -0.39 is 6.10 Å². The van der Waals surface area contributed by atoms with E-state index in [4.69, 9.17) is 5.73 Å². The van der Waals surface area contributed by atoms with Gasteiger partial charge in [0, 0.05) is 31.4 Å². The van der Waals surface area contributed by atoms with Crippen LogP contribution < -0.4 is 5.73 Å². The van der Waals surface area contributed by atoms with Crippen molar-refractivity contribution in [3.63, 3.8) is 0 Å². The van der Waals surface area contributed by atoms with Gasteiger partial charge in [-0.1, -0.05) is 0 Å². The molecule has 3 N–H and O–H groups in total. The second kappa shape index (κ2) is 4.23. The summed E-state index contributed by atoms with van der Waals surface area (Å²) in [6.07, 6.45) is 1.87. The molecule has 4 heteroatoms. The van der Waals surface area contributed by atoms with Gasteiger partial charge in [-0.25, -0.2) is 0 Å². The number of hydrogen-bond acceptors (Lipinski definition) is 3. The van der Waals surface area contributed by atoms with Gasteiger partial charge in [-0.3, -0.25) is 4.68 Å². The third kappa shape index (κ3) is 2.06. The first-order valence-corrected chi connectivity index (χ1v) is 4.16. The van der Waals surface area contributed by atoms with E-state index in [2.05, 4.69) is 5.10 Å². The summed E-state index contributed by atoms with van der Waals surface area (Å²) in [5.41, 5.74) is 6.34. The molecule has 0 aliphatic rings. The lowest BCUT2D eigenvalue weighted by Gasteiger charge is -2.08. The Morgan fingerprint density at radius 2 is 2.50 bits per heavy atom. The number of hydrogen-bond donors (Lipinski definition) is 2. The van der Waals surface area contributed by atoms with Gasteiger partial charge in [-0.05, 0) is 13.0 Å². The van der Waals surface area contributed by atoms with Crippen LogP contribution in [0.15, 0.2) is 12.3 Å². The van der Waals surface area contributed by atoms with Crippen LogP contribution in [0.25, 0.3) is 0 Å². The first kappa shape index (κ1) is 9.22. The van der Waals surface area contributed by atoms with Crippen LogP contribution in [0.3, 0.4) is 0 Å². The molecule has 0 fully saturated rings. The molecule has 68 valence electrons. The molecule has 0 amide bonds. The maximum atomic E-state index is 9.28. The molecule has 1 atom stereocenters. The minimum absolute atomic E-state index is 0.300. The lowest BCUT2D eigenvalue weighted by atomic mass is 10.2. The summed E-state index contributed by atoms with van der Waals surface area (Å²) in [6.45, 7) is 3.15. The average Bonchev–Trinajstić information content (AvgIpc) is 2.51. The summed E-state index contributed by atoms with van der Waals surface area (Å²) in [5, 5.41) is 13.4. The molecule has 1 unspecified atom stereocenters. The normalized spacial score (nSPS) is 13.2. The van der Waals surface area contributed by atoms with Crippen molar-refractivity contribution in [1.82, 2.24) is 9.78 Å². The summed E-state index contributed by atoms with van der Waals surface area (Å²) >= 11 is 0. The monoisotopic (exact) mass is 169 g/mol. The Balaban J connectivity index is 2.61. The number of nitrogens with zero attached hydrogens (tertiary/aromatic N) is 2. The molecule has 0 aliphatic heterocycles. The lowest BCUT2D eigenvalue weighted by Crippen LogP contribution is -2.23. The molecule has 1 rings (SSSR count). The Hall–Kier alpha value is -0.870. The van der Waals surface area contributed by atoms with Gasteiger partial charge >= 0.3 is 0 Å². The number of aliphatic hydroxyl groups excluding tert-OH is 1. The molecule has 0 bridgehead atoms. The maximum Gasteiger partial charge on any atom is 0.0717 e. The van der Waals surface area contributed by atoms with Crippen LogP contribution in [-0.2, 0) is 13.0 Å². The van der Waals surface area contributed by atoms with E-state index in [9.17, 15) is 5.11 Å². The van der Waals surface area contributed by atoms with Gasteiger partial charge in [0.05, 0.1) is 6.10 Å². The fraction of sp³-hybridized carbons (Fsp3) is 0.625. The number of nitrogens with two attached hydrogens (primary N) is 1. The molecule has 0 saturated carbocycles. The largest absolute Gasteiger partial charge is 0.391 e. The molecule has 0 radical (unpaired) electrons. The Morgan fingerprint density at radius 1 is 1.75 bits per heavy atom. The fourth-order valence-electron chi connectivity index (χ4n) is 1.14. The van der Waals surface area contributed by atoms with Crippen molar-refractivity contribution >= 4 is 0 Å². The third-order valence-electron chi connectivity index (χ3n) is 1.82. The molecule has 4 nitrogen and oxygen atoms in total. The Bertz CT molecular complexity index is 234. The van der Waals surface area contributed by atoms with Crippen LogP contribution in [0.1, 0.15) is 12.6 Å². The molecular formula is C8H15N3O. The van der Waals surface area contributed by atoms with Crippen molar-refractivity contribution in [2.24, 2.45) is 5.73 Å². The standard InChI is InChI=1S/C8H15N3O/c1-2-11-7(3-4-10-11)5-8(12)6-9/h3-4,8,12H,2,5-6,9H2,1H3. The van der Waals surface area contributed by atoms with Gasteiger partial charge in [0.1, 0.15) is 0 Å². The minimum Gasteiger partial charge on any atom is -0.391 e. The van der Waals surface area contributed by atoms with E-state index in [0.29, 0.717) is 13.0 Å². The smallest absolute Gasteiger partial charge is 0.0717 e. The first-order chi connectivity index (χ1) is 5.77. The maximum absolute atomic E-state index is 9.28. The van der Waals surface area contributed by atoms with Crippen molar-refractivity contribution in [3.8, 4) is 0 Å². The topological polar surface area (TPSA) is 64.1 Å². The fourth-order valence-corrected chi connectivity index (χ4v) is 1.14. The summed E-state index contributed by atoms with van der Waals surface area (Å²) < 4.78 is 1.86. The van der Waals surface area contributed by atoms with Gasteiger partial charge < -0.3 is 10.8 Å². The van der Waals surface area contributed by atoms with E-state index in [-0.39, 0.29) is 0 Å². The highest BCUT2D eigenvalue weighted by Crippen LogP contribution is 2.02. The number of aliphatic hydroxyl groups is 1. The van der Waals surface area contributed by atoms with E-state index >= 15 is 0 Å². The molecular weight excluding hydrogens is 154 g/mol. The van der Waals surface area contributed by atoms with Crippen molar-refractivity contribution in [3.05, 3.63) is 18.0 Å². The van der Waals surface area contributed by atoms with Crippen LogP contribution in [0.5, 0.6) is 0 Å². The lowest BCUT2D eigenvalue weighted by molar-refractivity contribution is 0.180. The highest BCUT2D eigenvalue weighted by atomic mass is 16.3. The highest BCUT2D eigenvalue weighted by molar-refractivity contribution is 5.02. The van der Waals surface area contributed by atoms with E-state index in [1.165, 1.54) is 0 Å². The van der Waals surface area contributed by atoms with Crippen molar-refractivity contribution < 1.29 is 5.11 Å². The summed E-state index contributed by atoms with van der Waals surface area (Å²) in [7, 11) is 0. The first-order valence-electron chi connectivity index (χ1n) is 4.16. The summed E-state index contributed by atoms with van der Waals surface area (Å²) in [5.74, 6) is 0. The van der Waals surface area contributed by atoms with Gasteiger partial charge in [-0.15, -0.1) is 0 Å². The Morgan fingerprint density at radius 3 is 3.08 bits per heavy atom. The molecule has 1 aromatic rings. The molecule has 1 aromatic heterocycles. The van der Waals surface area contributed by atoms with Crippen LogP contribution in [-0.4, -0.2) is 27.5 Å². The van der Waals surface area contributed by atoms with Crippen LogP contribution in [0.2, 0.25) is 0 Å². The van der Waals surface area contributed by atoms with Crippen molar-refractivity contribution in [2.75, 3.05) is 6.54 Å². The summed E-state index contributed by atoms with van der Waals surface area (Å²) in [6, 6.07) is 1.91. The van der Waals surface area contributed by atoms with Crippen molar-refractivity contribution in [1.29, 1.82) is 0 Å². The molecule has 0 spiro atoms. The zero-order valence-electron chi connectivity index (χ0n) is 7.27. The second-order valence-electron chi connectivity index (χ2n) is 2.73. The third-order valence-corrected chi connectivity index (χ3v) is 1.82. The zero-order chi connectivity index (χ0) is 8.97. The molecule has 1 heterocycles. The van der Waals surface area contributed by atoms with Crippen molar-refractivity contribution in [2.45, 2.75) is 26.0 Å². The average molecular weight is 169 g/mol. The molecule has 0 aliphatic carbocycles. The van der Waals surface area contributed by atoms with Gasteiger partial charge in [0.25, 0.3) is 0 Å². The Kier molecular flexibility index (Phi) is 3.25. The van der Waals surface area contributed by atoms with Gasteiger partial charge in [0.2, 0.25) is 0 Å². The number of rotatable bonds is 4. The molecule has 12 heavy (non-hydrogen) atoms. The second-order valence-corrected chi connectivity index (χ2v) is 2.73. The minimum atomic E-state index is -0.452. The van der Waals surface area contributed by atoms with E-state index in [0.717, 1.165) is 12.2 Å². The van der Waals surface area contributed by atoms with E-state index in [1.54, 1.807) is 6.20 Å². The van der Waals surface area contributed by atoms with Gasteiger partial charge in [0.15, 0.2) is 0 Å². The molecule has 0 aromatic carbocycles. The van der Waals surface area contributed by atoms with Gasteiger partial charge in [-0.2, -0.15) is 5.10 Å². The predicted molar refractivity (Wildman–Crippen MR) is 46.7 cm³/mol. The van der Waals surface area contributed by atoms with E-state index in [1.807, 2.05) is 17.7 Å². The number of aromatic nitrogens is 2. The SMILES string of the molecule is CCn1nccc1CC(O)CN. The predicted octanol–water partition coefficient (Wildman–Crippen LogP) is -0.235. The zero-order valence-corrected chi connectivity index (χ0v) is 7.27. The highest BCUT2D eigenvalue weighted by Gasteiger charge is 2.06. The number of aryl methyl sites for hydroxylation is 1.